The number of aromatic nitrogens is 1. The Bertz CT molecular complexity index is 301. The van der Waals surface area contributed by atoms with Crippen molar-refractivity contribution in [1.29, 1.82) is 0 Å². The van der Waals surface area contributed by atoms with E-state index < -0.39 is 11.7 Å². The smallest absolute Gasteiger partial charge is 0.369 e. The molecule has 0 aromatic carbocycles. The molecule has 0 saturated carbocycles. The van der Waals surface area contributed by atoms with Crippen LogP contribution in [-0.2, 0) is 6.18 Å². The molecule has 0 bridgehead atoms. The average Bonchev–Trinajstić information content (AvgIpc) is 2.14. The topological polar surface area (TPSA) is 24.9 Å². The van der Waals surface area contributed by atoms with Gasteiger partial charge in [0.15, 0.2) is 0 Å². The van der Waals surface area contributed by atoms with Crippen molar-refractivity contribution in [2.24, 2.45) is 0 Å². The number of hydrogen-bond donors (Lipinski definition) is 1. The van der Waals surface area contributed by atoms with Gasteiger partial charge in [0.25, 0.3) is 0 Å². The second-order valence-electron chi connectivity index (χ2n) is 2.54. The standard InChI is InChI=1S/C8H8ClF3N2/c9-2-4-14-7-5-6(1-3-13-7)8(10,11)12/h1,3,5H,2,4H2,(H,13,14). The fourth-order valence-corrected chi connectivity index (χ4v) is 0.973. The molecule has 78 valence electrons. The third-order valence-corrected chi connectivity index (χ3v) is 1.68. The molecule has 0 fully saturated rings. The highest BCUT2D eigenvalue weighted by molar-refractivity contribution is 6.18. The van der Waals surface area contributed by atoms with E-state index in [-0.39, 0.29) is 5.82 Å². The van der Waals surface area contributed by atoms with Gasteiger partial charge in [0, 0.05) is 18.6 Å². The summed E-state index contributed by atoms with van der Waals surface area (Å²) in [4.78, 5) is 3.72. The summed E-state index contributed by atoms with van der Waals surface area (Å²) in [5, 5.41) is 2.66. The molecule has 6 heteroatoms. The highest BCUT2D eigenvalue weighted by atomic mass is 35.5. The van der Waals surface area contributed by atoms with Gasteiger partial charge in [0.1, 0.15) is 5.82 Å². The summed E-state index contributed by atoms with van der Waals surface area (Å²) in [5.74, 6) is 0.498. The van der Waals surface area contributed by atoms with E-state index in [4.69, 9.17) is 11.6 Å². The molecule has 0 saturated heterocycles. The number of nitrogens with zero attached hydrogens (tertiary/aromatic N) is 1. The molecule has 0 aliphatic rings. The summed E-state index contributed by atoms with van der Waals surface area (Å²) < 4.78 is 36.6. The van der Waals surface area contributed by atoms with Crippen molar-refractivity contribution >= 4 is 17.4 Å². The molecule has 1 heterocycles. The first kappa shape index (κ1) is 11.1. The lowest BCUT2D eigenvalue weighted by molar-refractivity contribution is -0.137. The van der Waals surface area contributed by atoms with Crippen molar-refractivity contribution in [2.75, 3.05) is 17.7 Å². The van der Waals surface area contributed by atoms with Crippen LogP contribution < -0.4 is 5.32 Å². The van der Waals surface area contributed by atoms with Gasteiger partial charge in [0.2, 0.25) is 0 Å². The number of rotatable bonds is 3. The van der Waals surface area contributed by atoms with Crippen molar-refractivity contribution < 1.29 is 13.2 Å². The van der Waals surface area contributed by atoms with Crippen LogP contribution in [0.1, 0.15) is 5.56 Å². The molecule has 2 nitrogen and oxygen atoms in total. The zero-order chi connectivity index (χ0) is 10.6. The normalized spacial score (nSPS) is 11.4. The highest BCUT2D eigenvalue weighted by Gasteiger charge is 2.30. The Hall–Kier alpha value is -0.970. The number of pyridine rings is 1. The molecular weight excluding hydrogens is 217 g/mol. The van der Waals surface area contributed by atoms with Crippen molar-refractivity contribution in [2.45, 2.75) is 6.18 Å². The SMILES string of the molecule is FC(F)(F)c1ccnc(NCCCl)c1. The van der Waals surface area contributed by atoms with E-state index >= 15 is 0 Å². The maximum atomic E-state index is 12.2. The monoisotopic (exact) mass is 224 g/mol. The van der Waals surface area contributed by atoms with Crippen LogP contribution in [0.15, 0.2) is 18.3 Å². The fraction of sp³-hybridized carbons (Fsp3) is 0.375. The second-order valence-corrected chi connectivity index (χ2v) is 2.92. The molecule has 1 N–H and O–H groups in total. The number of anilines is 1. The summed E-state index contributed by atoms with van der Waals surface area (Å²) in [6.07, 6.45) is -3.22. The Kier molecular flexibility index (Phi) is 3.57. The molecule has 1 aromatic rings. The van der Waals surface area contributed by atoms with Gasteiger partial charge in [-0.3, -0.25) is 0 Å². The number of halogens is 4. The molecule has 0 amide bonds. The minimum atomic E-state index is -4.33. The number of nitrogens with one attached hydrogen (secondary N) is 1. The van der Waals surface area contributed by atoms with Gasteiger partial charge in [-0.2, -0.15) is 13.2 Å². The van der Waals surface area contributed by atoms with E-state index in [0.29, 0.717) is 12.4 Å². The molecule has 0 aliphatic carbocycles. The maximum Gasteiger partial charge on any atom is 0.416 e. The second kappa shape index (κ2) is 4.50. The molecule has 14 heavy (non-hydrogen) atoms. The molecule has 0 aliphatic heterocycles. The summed E-state index contributed by atoms with van der Waals surface area (Å²) in [7, 11) is 0. The van der Waals surface area contributed by atoms with E-state index in [1.807, 2.05) is 0 Å². The van der Waals surface area contributed by atoms with E-state index in [0.717, 1.165) is 18.3 Å². The van der Waals surface area contributed by atoms with Gasteiger partial charge in [0.05, 0.1) is 5.56 Å². The van der Waals surface area contributed by atoms with Gasteiger partial charge in [-0.25, -0.2) is 4.98 Å². The molecule has 1 aromatic heterocycles. The predicted octanol–water partition coefficient (Wildman–Crippen LogP) is 2.75. The maximum absolute atomic E-state index is 12.2. The van der Waals surface area contributed by atoms with Crippen molar-refractivity contribution in [3.05, 3.63) is 23.9 Å². The fourth-order valence-electron chi connectivity index (χ4n) is 0.879. The van der Waals surface area contributed by atoms with Crippen molar-refractivity contribution in [3.63, 3.8) is 0 Å². The zero-order valence-corrected chi connectivity index (χ0v) is 7.86. The lowest BCUT2D eigenvalue weighted by Gasteiger charge is -2.08. The molecule has 0 radical (unpaired) electrons. The minimum Gasteiger partial charge on any atom is -0.369 e. The van der Waals surface area contributed by atoms with Gasteiger partial charge >= 0.3 is 6.18 Å². The van der Waals surface area contributed by atoms with E-state index in [9.17, 15) is 13.2 Å². The first-order valence-corrected chi connectivity index (χ1v) is 4.40. The Labute approximate surface area is 84.1 Å². The van der Waals surface area contributed by atoms with Gasteiger partial charge in [-0.15, -0.1) is 11.6 Å². The van der Waals surface area contributed by atoms with Crippen LogP contribution in [0.25, 0.3) is 0 Å². The van der Waals surface area contributed by atoms with Crippen LogP contribution in [0.3, 0.4) is 0 Å². The van der Waals surface area contributed by atoms with Crippen LogP contribution in [0.2, 0.25) is 0 Å². The van der Waals surface area contributed by atoms with Crippen LogP contribution in [-0.4, -0.2) is 17.4 Å². The largest absolute Gasteiger partial charge is 0.416 e. The Morgan fingerprint density at radius 2 is 2.14 bits per heavy atom. The quantitative estimate of drug-likeness (QED) is 0.799. The molecular formula is C8H8ClF3N2. The van der Waals surface area contributed by atoms with Crippen LogP contribution in [0, 0.1) is 0 Å². The summed E-state index contributed by atoms with van der Waals surface area (Å²) in [6.45, 7) is 0.385. The van der Waals surface area contributed by atoms with E-state index in [1.165, 1.54) is 0 Å². The third-order valence-electron chi connectivity index (χ3n) is 1.49. The van der Waals surface area contributed by atoms with Crippen LogP contribution in [0.4, 0.5) is 19.0 Å². The predicted molar refractivity (Wildman–Crippen MR) is 48.4 cm³/mol. The number of alkyl halides is 4. The molecule has 1 rings (SSSR count). The summed E-state index contributed by atoms with van der Waals surface area (Å²) in [6, 6.07) is 1.87. The van der Waals surface area contributed by atoms with Crippen LogP contribution in [0.5, 0.6) is 0 Å². The first-order chi connectivity index (χ1) is 6.54. The third kappa shape index (κ3) is 3.06. The summed E-state index contributed by atoms with van der Waals surface area (Å²) >= 11 is 5.37. The van der Waals surface area contributed by atoms with Crippen molar-refractivity contribution in [1.82, 2.24) is 4.98 Å². The average molecular weight is 225 g/mol. The van der Waals surface area contributed by atoms with Crippen molar-refractivity contribution in [3.8, 4) is 0 Å². The van der Waals surface area contributed by atoms with Gasteiger partial charge in [-0.05, 0) is 12.1 Å². The molecule has 0 atom stereocenters. The Morgan fingerprint density at radius 1 is 1.43 bits per heavy atom. The van der Waals surface area contributed by atoms with E-state index in [1.54, 1.807) is 0 Å². The lowest BCUT2D eigenvalue weighted by atomic mass is 10.2. The zero-order valence-electron chi connectivity index (χ0n) is 7.11. The highest BCUT2D eigenvalue weighted by Crippen LogP contribution is 2.29. The van der Waals surface area contributed by atoms with E-state index in [2.05, 4.69) is 10.3 Å². The molecule has 0 spiro atoms. The number of hydrogen-bond acceptors (Lipinski definition) is 2. The van der Waals surface area contributed by atoms with Crippen LogP contribution >= 0.6 is 11.6 Å². The van der Waals surface area contributed by atoms with Gasteiger partial charge in [-0.1, -0.05) is 0 Å². The molecule has 0 unspecified atom stereocenters. The first-order valence-electron chi connectivity index (χ1n) is 3.87. The lowest BCUT2D eigenvalue weighted by Crippen LogP contribution is -2.08. The van der Waals surface area contributed by atoms with Gasteiger partial charge < -0.3 is 5.32 Å². The summed E-state index contributed by atoms with van der Waals surface area (Å²) in [5.41, 5.74) is -0.718. The minimum absolute atomic E-state index is 0.181. The Balaban J connectivity index is 2.79. The Morgan fingerprint density at radius 3 is 2.71 bits per heavy atom.